The second-order valence-corrected chi connectivity index (χ2v) is 9.40. The van der Waals surface area contributed by atoms with Crippen molar-refractivity contribution >= 4 is 44.3 Å². The summed E-state index contributed by atoms with van der Waals surface area (Å²) in [5.41, 5.74) is 1.54. The average Bonchev–Trinajstić information content (AvgIpc) is 2.87. The number of nitrogens with zero attached hydrogens (tertiary/aromatic N) is 3. The molecule has 4 aromatic rings. The Hall–Kier alpha value is -3.00. The predicted molar refractivity (Wildman–Crippen MR) is 142 cm³/mol. The van der Waals surface area contributed by atoms with Crippen LogP contribution in [0.5, 0.6) is 0 Å². The minimum Gasteiger partial charge on any atom is -0.385 e. The number of carbonyl (C=O) groups is 1. The number of fused-ring (bicyclic) bond motifs is 1. The second kappa shape index (κ2) is 11.2. The zero-order chi connectivity index (χ0) is 24.9. The minimum atomic E-state index is -0.514. The zero-order valence-electron chi connectivity index (χ0n) is 19.4. The molecule has 0 N–H and O–H groups in total. The number of hydrogen-bond donors (Lipinski definition) is 0. The first-order chi connectivity index (χ1) is 16.9. The molecule has 1 heterocycles. The summed E-state index contributed by atoms with van der Waals surface area (Å²) >= 11 is 9.61. The molecule has 6 nitrogen and oxygen atoms in total. The lowest BCUT2D eigenvalue weighted by atomic mass is 10.1. The van der Waals surface area contributed by atoms with Gasteiger partial charge in [0.1, 0.15) is 5.82 Å². The maximum Gasteiger partial charge on any atom is 0.266 e. The average molecular weight is 555 g/mol. The summed E-state index contributed by atoms with van der Waals surface area (Å²) in [4.78, 5) is 34.0. The molecule has 8 heteroatoms. The van der Waals surface area contributed by atoms with Gasteiger partial charge in [0.15, 0.2) is 0 Å². The SMILES string of the molecule is COCCCN(C(=O)c1ccccc1Br)C(C)c1nc2ccccc2c(=O)n1-c1ccc(Cl)cc1. The van der Waals surface area contributed by atoms with Crippen LogP contribution in [0.25, 0.3) is 16.6 Å². The van der Waals surface area contributed by atoms with E-state index in [0.29, 0.717) is 57.0 Å². The Balaban J connectivity index is 1.89. The number of amides is 1. The van der Waals surface area contributed by atoms with E-state index in [2.05, 4.69) is 15.9 Å². The van der Waals surface area contributed by atoms with E-state index in [-0.39, 0.29) is 11.5 Å². The minimum absolute atomic E-state index is 0.161. The van der Waals surface area contributed by atoms with Gasteiger partial charge in [0.2, 0.25) is 0 Å². The molecule has 0 spiro atoms. The van der Waals surface area contributed by atoms with E-state index in [1.165, 1.54) is 0 Å². The van der Waals surface area contributed by atoms with E-state index in [0.717, 1.165) is 0 Å². The molecule has 0 aliphatic carbocycles. The maximum absolute atomic E-state index is 13.7. The Labute approximate surface area is 217 Å². The zero-order valence-corrected chi connectivity index (χ0v) is 21.8. The molecule has 1 amide bonds. The number of para-hydroxylation sites is 1. The summed E-state index contributed by atoms with van der Waals surface area (Å²) < 4.78 is 7.51. The van der Waals surface area contributed by atoms with Gasteiger partial charge in [-0.15, -0.1) is 0 Å². The lowest BCUT2D eigenvalue weighted by Crippen LogP contribution is -2.38. The van der Waals surface area contributed by atoms with Crippen molar-refractivity contribution in [2.24, 2.45) is 0 Å². The number of benzene rings is 3. The molecule has 1 atom stereocenters. The van der Waals surface area contributed by atoms with Crippen LogP contribution in [-0.4, -0.2) is 40.6 Å². The highest BCUT2D eigenvalue weighted by Gasteiger charge is 2.28. The van der Waals surface area contributed by atoms with Gasteiger partial charge in [0.25, 0.3) is 11.5 Å². The van der Waals surface area contributed by atoms with Gasteiger partial charge in [-0.1, -0.05) is 35.9 Å². The quantitative estimate of drug-likeness (QED) is 0.249. The largest absolute Gasteiger partial charge is 0.385 e. The standard InChI is InChI=1S/C27H25BrClN3O3/c1-18(31(16-7-17-35-2)26(33)21-8-3-5-10-23(21)28)25-30-24-11-6-4-9-22(24)27(34)32(25)20-14-12-19(29)13-15-20/h3-6,8-15,18H,7,16-17H2,1-2H3. The fourth-order valence-corrected chi connectivity index (χ4v) is 4.63. The molecule has 0 aliphatic heterocycles. The molecule has 4 rings (SSSR count). The van der Waals surface area contributed by atoms with E-state index in [1.54, 1.807) is 53.0 Å². The van der Waals surface area contributed by atoms with Gasteiger partial charge in [-0.05, 0) is 77.8 Å². The predicted octanol–water partition coefficient (Wildman–Crippen LogP) is 6.04. The van der Waals surface area contributed by atoms with E-state index in [1.807, 2.05) is 43.3 Å². The van der Waals surface area contributed by atoms with Crippen molar-refractivity contribution < 1.29 is 9.53 Å². The Morgan fingerprint density at radius 1 is 1.09 bits per heavy atom. The molecule has 3 aromatic carbocycles. The first-order valence-corrected chi connectivity index (χ1v) is 12.4. The van der Waals surface area contributed by atoms with Gasteiger partial charge in [0, 0.05) is 29.8 Å². The van der Waals surface area contributed by atoms with Gasteiger partial charge in [-0.3, -0.25) is 14.2 Å². The molecule has 0 fully saturated rings. The van der Waals surface area contributed by atoms with Crippen molar-refractivity contribution in [2.45, 2.75) is 19.4 Å². The fourth-order valence-electron chi connectivity index (χ4n) is 4.05. The van der Waals surface area contributed by atoms with E-state index in [9.17, 15) is 9.59 Å². The normalized spacial score (nSPS) is 12.0. The molecule has 0 saturated carbocycles. The first kappa shape index (κ1) is 25.1. The van der Waals surface area contributed by atoms with Crippen LogP contribution >= 0.6 is 27.5 Å². The highest BCUT2D eigenvalue weighted by atomic mass is 79.9. The number of methoxy groups -OCH3 is 1. The smallest absolute Gasteiger partial charge is 0.266 e. The third-order valence-electron chi connectivity index (χ3n) is 5.84. The van der Waals surface area contributed by atoms with Crippen molar-refractivity contribution in [1.82, 2.24) is 14.5 Å². The molecule has 1 aromatic heterocycles. The van der Waals surface area contributed by atoms with Crippen molar-refractivity contribution in [3.8, 4) is 5.69 Å². The number of hydrogen-bond acceptors (Lipinski definition) is 4. The van der Waals surface area contributed by atoms with Gasteiger partial charge < -0.3 is 9.64 Å². The van der Waals surface area contributed by atoms with Crippen LogP contribution in [-0.2, 0) is 4.74 Å². The molecule has 0 bridgehead atoms. The second-order valence-electron chi connectivity index (χ2n) is 8.10. The molecule has 180 valence electrons. The first-order valence-electron chi connectivity index (χ1n) is 11.2. The molecule has 35 heavy (non-hydrogen) atoms. The monoisotopic (exact) mass is 553 g/mol. The topological polar surface area (TPSA) is 64.4 Å². The lowest BCUT2D eigenvalue weighted by Gasteiger charge is -2.31. The van der Waals surface area contributed by atoms with Crippen LogP contribution < -0.4 is 5.56 Å². The van der Waals surface area contributed by atoms with Crippen LogP contribution in [0.2, 0.25) is 5.02 Å². The lowest BCUT2D eigenvalue weighted by molar-refractivity contribution is 0.0656. The Bertz CT molecular complexity index is 1410. The summed E-state index contributed by atoms with van der Waals surface area (Å²) in [5.74, 6) is 0.306. The van der Waals surface area contributed by atoms with Crippen LogP contribution in [0.1, 0.15) is 35.6 Å². The number of rotatable bonds is 8. The fraction of sp³-hybridized carbons (Fsp3) is 0.222. The number of ether oxygens (including phenoxy) is 1. The molecule has 0 saturated heterocycles. The van der Waals surface area contributed by atoms with Crippen molar-refractivity contribution in [3.63, 3.8) is 0 Å². The summed E-state index contributed by atoms with van der Waals surface area (Å²) in [5, 5.41) is 1.07. The van der Waals surface area contributed by atoms with E-state index < -0.39 is 6.04 Å². The molecule has 0 radical (unpaired) electrons. The Morgan fingerprint density at radius 2 is 1.77 bits per heavy atom. The number of carbonyl (C=O) groups excluding carboxylic acids is 1. The maximum atomic E-state index is 13.7. The van der Waals surface area contributed by atoms with Crippen LogP contribution in [0.4, 0.5) is 0 Å². The summed E-state index contributed by atoms with van der Waals surface area (Å²) in [6.07, 6.45) is 0.635. The third-order valence-corrected chi connectivity index (χ3v) is 6.78. The van der Waals surface area contributed by atoms with Crippen LogP contribution in [0.3, 0.4) is 0 Å². The molecule has 1 unspecified atom stereocenters. The highest BCUT2D eigenvalue weighted by molar-refractivity contribution is 9.10. The van der Waals surface area contributed by atoms with Crippen molar-refractivity contribution in [1.29, 1.82) is 0 Å². The molecular formula is C27H25BrClN3O3. The van der Waals surface area contributed by atoms with Crippen molar-refractivity contribution in [3.05, 3.63) is 104 Å². The number of aromatic nitrogens is 2. The van der Waals surface area contributed by atoms with E-state index in [4.69, 9.17) is 21.3 Å². The van der Waals surface area contributed by atoms with Crippen molar-refractivity contribution in [2.75, 3.05) is 20.3 Å². The molecular weight excluding hydrogens is 530 g/mol. The third kappa shape index (κ3) is 5.32. The molecule has 0 aliphatic rings. The Kier molecular flexibility index (Phi) is 8.00. The van der Waals surface area contributed by atoms with Gasteiger partial charge in [-0.2, -0.15) is 0 Å². The van der Waals surface area contributed by atoms with Gasteiger partial charge in [0.05, 0.1) is 28.2 Å². The van der Waals surface area contributed by atoms with Gasteiger partial charge in [-0.25, -0.2) is 4.98 Å². The number of halogens is 2. The van der Waals surface area contributed by atoms with Crippen LogP contribution in [0.15, 0.2) is 82.1 Å². The van der Waals surface area contributed by atoms with E-state index >= 15 is 0 Å². The van der Waals surface area contributed by atoms with Gasteiger partial charge >= 0.3 is 0 Å². The summed E-state index contributed by atoms with van der Waals surface area (Å²) in [6.45, 7) is 2.82. The highest BCUT2D eigenvalue weighted by Crippen LogP contribution is 2.27. The summed E-state index contributed by atoms with van der Waals surface area (Å²) in [7, 11) is 1.63. The summed E-state index contributed by atoms with van der Waals surface area (Å²) in [6, 6.07) is 21.0. The Morgan fingerprint density at radius 3 is 2.49 bits per heavy atom. The van der Waals surface area contributed by atoms with Crippen LogP contribution in [0, 0.1) is 0 Å².